The van der Waals surface area contributed by atoms with Crippen molar-refractivity contribution in [2.45, 2.75) is 129 Å². The Labute approximate surface area is 202 Å². The number of hydrogen-bond donors (Lipinski definition) is 0. The molecular formula is C30H45NO2. The predicted octanol–water partition coefficient (Wildman–Crippen LogP) is 8.63. The first kappa shape index (κ1) is 25.7. The lowest BCUT2D eigenvalue weighted by atomic mass is 9.83. The normalized spacial score (nSPS) is 17.3. The maximum Gasteiger partial charge on any atom is 0.262 e. The molecule has 3 aliphatic heterocycles. The second-order valence-electron chi connectivity index (χ2n) is 10.1. The van der Waals surface area contributed by atoms with Crippen LogP contribution in [0.4, 0.5) is 5.69 Å². The minimum atomic E-state index is -0.0602. The van der Waals surface area contributed by atoms with Crippen LogP contribution in [0.1, 0.15) is 134 Å². The number of imide groups is 1. The first-order chi connectivity index (χ1) is 16.2. The molecule has 4 rings (SSSR count). The first-order valence-corrected chi connectivity index (χ1v) is 13.9. The topological polar surface area (TPSA) is 37.4 Å². The summed E-state index contributed by atoms with van der Waals surface area (Å²) in [6.07, 6.45) is 20.5. The van der Waals surface area contributed by atoms with Gasteiger partial charge in [-0.2, -0.15) is 0 Å². The molecule has 3 heterocycles. The monoisotopic (exact) mass is 451 g/mol. The Morgan fingerprint density at radius 1 is 0.636 bits per heavy atom. The van der Waals surface area contributed by atoms with Crippen molar-refractivity contribution in [1.29, 1.82) is 0 Å². The van der Waals surface area contributed by atoms with Crippen molar-refractivity contribution in [2.75, 3.05) is 4.90 Å². The van der Waals surface area contributed by atoms with Gasteiger partial charge in [-0.3, -0.25) is 9.59 Å². The van der Waals surface area contributed by atoms with Gasteiger partial charge in [-0.25, -0.2) is 4.90 Å². The fourth-order valence-corrected chi connectivity index (χ4v) is 5.50. The third kappa shape index (κ3) is 6.80. The van der Waals surface area contributed by atoms with Gasteiger partial charge in [-0.05, 0) is 37.0 Å². The van der Waals surface area contributed by atoms with Crippen molar-refractivity contribution in [1.82, 2.24) is 0 Å². The second-order valence-corrected chi connectivity index (χ2v) is 10.1. The van der Waals surface area contributed by atoms with Gasteiger partial charge in [0.15, 0.2) is 0 Å². The van der Waals surface area contributed by atoms with Crippen molar-refractivity contribution in [3.63, 3.8) is 0 Å². The minimum Gasteiger partial charge on any atom is -0.269 e. The maximum atomic E-state index is 13.4. The predicted molar refractivity (Wildman–Crippen MR) is 139 cm³/mol. The standard InChI is InChI=1S/C30H45NO2/c1-3-5-7-9-11-13-15-17-19-27-28-26(18-16-14-12-10-8-6-4-2)24-20-22-25(23-21-24)31(29(27)32)30(28)33/h20-23,26H,3-19H2,1-2H3. The van der Waals surface area contributed by atoms with Crippen LogP contribution < -0.4 is 4.90 Å². The number of carbonyl (C=O) groups is 2. The fourth-order valence-electron chi connectivity index (χ4n) is 5.50. The van der Waals surface area contributed by atoms with Crippen LogP contribution in [-0.4, -0.2) is 11.8 Å². The molecular weight excluding hydrogens is 406 g/mol. The molecule has 0 aliphatic carbocycles. The van der Waals surface area contributed by atoms with Crippen LogP contribution in [0.5, 0.6) is 0 Å². The molecule has 1 unspecified atom stereocenters. The molecule has 4 bridgehead atoms. The van der Waals surface area contributed by atoms with Crippen LogP contribution in [0.15, 0.2) is 35.4 Å². The maximum absolute atomic E-state index is 13.4. The molecule has 3 aliphatic rings. The summed E-state index contributed by atoms with van der Waals surface area (Å²) in [5.41, 5.74) is 3.55. The van der Waals surface area contributed by atoms with Crippen molar-refractivity contribution in [2.24, 2.45) is 0 Å². The zero-order valence-corrected chi connectivity index (χ0v) is 21.2. The van der Waals surface area contributed by atoms with Crippen LogP contribution in [0.2, 0.25) is 0 Å². The Balaban J connectivity index is 1.61. The van der Waals surface area contributed by atoms with Crippen molar-refractivity contribution >= 4 is 17.5 Å². The van der Waals surface area contributed by atoms with Gasteiger partial charge in [-0.1, -0.05) is 116 Å². The fraction of sp³-hybridized carbons (Fsp3) is 0.667. The summed E-state index contributed by atoms with van der Waals surface area (Å²) in [4.78, 5) is 28.1. The zero-order valence-electron chi connectivity index (χ0n) is 21.2. The number of fused-ring (bicyclic) bond motifs is 2. The Morgan fingerprint density at radius 2 is 1.15 bits per heavy atom. The molecule has 3 heteroatoms. The summed E-state index contributed by atoms with van der Waals surface area (Å²) >= 11 is 0. The van der Waals surface area contributed by atoms with Gasteiger partial charge in [0.25, 0.3) is 11.8 Å². The van der Waals surface area contributed by atoms with Gasteiger partial charge in [0, 0.05) is 17.1 Å². The van der Waals surface area contributed by atoms with E-state index in [1.807, 2.05) is 12.1 Å². The van der Waals surface area contributed by atoms with E-state index in [2.05, 4.69) is 26.0 Å². The smallest absolute Gasteiger partial charge is 0.262 e. The highest BCUT2D eigenvalue weighted by Crippen LogP contribution is 2.43. The van der Waals surface area contributed by atoms with Gasteiger partial charge in [0.2, 0.25) is 0 Å². The van der Waals surface area contributed by atoms with Crippen LogP contribution in [-0.2, 0) is 9.59 Å². The summed E-state index contributed by atoms with van der Waals surface area (Å²) in [7, 11) is 0. The highest BCUT2D eigenvalue weighted by Gasteiger charge is 2.43. The highest BCUT2D eigenvalue weighted by atomic mass is 16.2. The summed E-state index contributed by atoms with van der Waals surface area (Å²) in [5.74, 6) is -0.0424. The molecule has 1 aromatic carbocycles. The first-order valence-electron chi connectivity index (χ1n) is 13.9. The van der Waals surface area contributed by atoms with E-state index >= 15 is 0 Å². The number of rotatable bonds is 17. The summed E-state index contributed by atoms with van der Waals surface area (Å²) in [5, 5.41) is 0. The van der Waals surface area contributed by atoms with E-state index in [0.29, 0.717) is 0 Å². The van der Waals surface area contributed by atoms with Gasteiger partial charge in [0.1, 0.15) is 0 Å². The Kier molecular flexibility index (Phi) is 10.7. The van der Waals surface area contributed by atoms with Gasteiger partial charge >= 0.3 is 0 Å². The quantitative estimate of drug-likeness (QED) is 0.175. The summed E-state index contributed by atoms with van der Waals surface area (Å²) < 4.78 is 0. The van der Waals surface area contributed by atoms with E-state index in [0.717, 1.165) is 48.9 Å². The van der Waals surface area contributed by atoms with Crippen molar-refractivity contribution in [3.8, 4) is 0 Å². The van der Waals surface area contributed by atoms with Gasteiger partial charge in [-0.15, -0.1) is 0 Å². The summed E-state index contributed by atoms with van der Waals surface area (Å²) in [6, 6.07) is 8.18. The van der Waals surface area contributed by atoms with Crippen LogP contribution in [0, 0.1) is 0 Å². The molecule has 0 aromatic heterocycles. The number of nitrogens with zero attached hydrogens (tertiary/aromatic N) is 1. The van der Waals surface area contributed by atoms with E-state index in [1.165, 1.54) is 87.5 Å². The minimum absolute atomic E-state index is 0.0521. The van der Waals surface area contributed by atoms with E-state index in [4.69, 9.17) is 0 Å². The SMILES string of the molecule is CCCCCCCCCCC1=C2C(=O)N(C1=O)c1ccc(cc1)C2CCCCCCCCC. The van der Waals surface area contributed by atoms with E-state index in [9.17, 15) is 9.59 Å². The molecule has 0 radical (unpaired) electrons. The molecule has 182 valence electrons. The van der Waals surface area contributed by atoms with Crippen LogP contribution in [0.25, 0.3) is 0 Å². The Bertz CT molecular complexity index is 792. The Hall–Kier alpha value is -1.90. The van der Waals surface area contributed by atoms with E-state index < -0.39 is 0 Å². The zero-order chi connectivity index (χ0) is 23.5. The largest absolute Gasteiger partial charge is 0.269 e. The Morgan fingerprint density at radius 3 is 1.73 bits per heavy atom. The number of benzene rings is 1. The molecule has 0 saturated heterocycles. The molecule has 0 saturated carbocycles. The number of amides is 2. The lowest BCUT2D eigenvalue weighted by Gasteiger charge is -2.24. The van der Waals surface area contributed by atoms with Gasteiger partial charge < -0.3 is 0 Å². The molecule has 0 fully saturated rings. The average Bonchev–Trinajstić information content (AvgIpc) is 3.10. The number of hydrogen-bond acceptors (Lipinski definition) is 2. The van der Waals surface area contributed by atoms with Crippen LogP contribution in [0.3, 0.4) is 0 Å². The number of carbonyl (C=O) groups excluding carboxylic acids is 2. The molecule has 33 heavy (non-hydrogen) atoms. The van der Waals surface area contributed by atoms with E-state index in [-0.39, 0.29) is 17.7 Å². The molecule has 0 spiro atoms. The molecule has 2 amide bonds. The third-order valence-electron chi connectivity index (χ3n) is 7.50. The number of unbranched alkanes of at least 4 members (excludes halogenated alkanes) is 13. The molecule has 3 nitrogen and oxygen atoms in total. The van der Waals surface area contributed by atoms with Crippen LogP contribution >= 0.6 is 0 Å². The lowest BCUT2D eigenvalue weighted by molar-refractivity contribution is -0.120. The second kappa shape index (κ2) is 13.7. The third-order valence-corrected chi connectivity index (χ3v) is 7.50. The van der Waals surface area contributed by atoms with E-state index in [1.54, 1.807) is 0 Å². The van der Waals surface area contributed by atoms with Crippen molar-refractivity contribution in [3.05, 3.63) is 41.0 Å². The van der Waals surface area contributed by atoms with Crippen molar-refractivity contribution < 1.29 is 9.59 Å². The number of anilines is 1. The molecule has 0 N–H and O–H groups in total. The lowest BCUT2D eigenvalue weighted by Crippen LogP contribution is -2.33. The van der Waals surface area contributed by atoms with Gasteiger partial charge in [0.05, 0.1) is 5.69 Å². The summed E-state index contributed by atoms with van der Waals surface area (Å²) in [6.45, 7) is 4.50. The average molecular weight is 452 g/mol. The molecule has 1 aromatic rings. The highest BCUT2D eigenvalue weighted by molar-refractivity contribution is 6.33. The molecule has 1 atom stereocenters.